The Kier molecular flexibility index (Phi) is 4.49. The lowest BCUT2D eigenvalue weighted by molar-refractivity contribution is -0.318. The molecule has 5 nitrogen and oxygen atoms in total. The number of nitrogens with zero attached hydrogens (tertiary/aromatic N) is 2. The molecule has 1 saturated carbocycles. The monoisotopic (exact) mass is 356 g/mol. The van der Waals surface area contributed by atoms with Gasteiger partial charge in [-0.25, -0.2) is 0 Å². The summed E-state index contributed by atoms with van der Waals surface area (Å²) < 4.78 is 46.2. The van der Waals surface area contributed by atoms with Gasteiger partial charge in [0, 0.05) is 5.71 Å². The van der Waals surface area contributed by atoms with E-state index in [1.807, 2.05) is 6.92 Å². The number of carbonyl (C=O) groups is 1. The number of fused-ring (bicyclic) bond motifs is 1. The summed E-state index contributed by atoms with van der Waals surface area (Å²) in [6.07, 6.45) is -3.85. The molecule has 1 aromatic rings. The van der Waals surface area contributed by atoms with E-state index >= 15 is 0 Å². The second kappa shape index (κ2) is 6.33. The van der Waals surface area contributed by atoms with Crippen molar-refractivity contribution in [3.63, 3.8) is 0 Å². The van der Waals surface area contributed by atoms with Crippen LogP contribution >= 0.6 is 0 Å². The van der Waals surface area contributed by atoms with Gasteiger partial charge >= 0.3 is 6.18 Å². The van der Waals surface area contributed by atoms with Gasteiger partial charge in [0.15, 0.2) is 6.61 Å². The minimum absolute atomic E-state index is 0.0217. The number of hydrogen-bond donors (Lipinski definition) is 1. The number of hydrogen-bond acceptors (Lipinski definition) is 4. The first-order chi connectivity index (χ1) is 11.7. The molecule has 1 aliphatic heterocycles. The third-order valence-corrected chi connectivity index (χ3v) is 4.73. The van der Waals surface area contributed by atoms with Crippen LogP contribution < -0.4 is 4.74 Å². The van der Waals surface area contributed by atoms with Gasteiger partial charge in [0.05, 0.1) is 5.92 Å². The number of carbonyl (C=O) groups excluding carboxylic acids is 1. The van der Waals surface area contributed by atoms with Gasteiger partial charge in [0.2, 0.25) is 0 Å². The summed E-state index contributed by atoms with van der Waals surface area (Å²) in [5.74, 6) is -1.88. The van der Waals surface area contributed by atoms with Crippen LogP contribution in [0.3, 0.4) is 0 Å². The highest BCUT2D eigenvalue weighted by molar-refractivity contribution is 5.93. The smallest absolute Gasteiger partial charge is 0.439 e. The standard InChI is InChI=1S/C17H19F3N2O3/c1-11-7-8-14-13(9-11)16(24,17(18,19)20)22(21-14)15(23)10-25-12-5-3-2-4-6-12/h2-6,11,13,24H,7-10H2,1H3/t11-,13+,16+/m0/s1. The highest BCUT2D eigenvalue weighted by atomic mass is 19.4. The fourth-order valence-corrected chi connectivity index (χ4v) is 3.38. The van der Waals surface area contributed by atoms with Crippen LogP contribution in [0.15, 0.2) is 35.4 Å². The lowest BCUT2D eigenvalue weighted by Crippen LogP contribution is -2.62. The molecule has 8 heteroatoms. The Hall–Kier alpha value is -2.09. The molecule has 0 aromatic heterocycles. The van der Waals surface area contributed by atoms with E-state index in [-0.39, 0.29) is 23.1 Å². The molecule has 136 valence electrons. The van der Waals surface area contributed by atoms with Crippen LogP contribution in [0.5, 0.6) is 5.75 Å². The Morgan fingerprint density at radius 2 is 2.08 bits per heavy atom. The summed E-state index contributed by atoms with van der Waals surface area (Å²) in [5.41, 5.74) is -3.08. The van der Waals surface area contributed by atoms with Crippen molar-refractivity contribution in [2.45, 2.75) is 38.1 Å². The lowest BCUT2D eigenvalue weighted by atomic mass is 9.76. The summed E-state index contributed by atoms with van der Waals surface area (Å²) in [4.78, 5) is 12.3. The average molecular weight is 356 g/mol. The van der Waals surface area contributed by atoms with Gasteiger partial charge in [-0.3, -0.25) is 4.79 Å². The first kappa shape index (κ1) is 17.7. The maximum atomic E-state index is 13.7. The third kappa shape index (κ3) is 3.10. The minimum Gasteiger partial charge on any atom is -0.484 e. The number of ether oxygens (including phenoxy) is 1. The number of para-hydroxylation sites is 1. The predicted molar refractivity (Wildman–Crippen MR) is 83.7 cm³/mol. The first-order valence-electron chi connectivity index (χ1n) is 8.11. The van der Waals surface area contributed by atoms with Crippen molar-refractivity contribution in [2.75, 3.05) is 6.61 Å². The maximum absolute atomic E-state index is 13.7. The quantitative estimate of drug-likeness (QED) is 0.906. The van der Waals surface area contributed by atoms with Crippen molar-refractivity contribution in [3.8, 4) is 5.75 Å². The number of amides is 1. The maximum Gasteiger partial charge on any atom is 0.439 e. The van der Waals surface area contributed by atoms with Crippen LogP contribution in [0.4, 0.5) is 13.2 Å². The molecule has 1 aromatic carbocycles. The van der Waals surface area contributed by atoms with Gasteiger partial charge in [-0.05, 0) is 37.3 Å². The predicted octanol–water partition coefficient (Wildman–Crippen LogP) is 2.95. The Bertz CT molecular complexity index is 677. The van der Waals surface area contributed by atoms with Gasteiger partial charge in [-0.15, -0.1) is 0 Å². The topological polar surface area (TPSA) is 62.1 Å². The summed E-state index contributed by atoms with van der Waals surface area (Å²) >= 11 is 0. The molecule has 1 aliphatic carbocycles. The molecule has 1 heterocycles. The van der Waals surface area contributed by atoms with Crippen molar-refractivity contribution in [3.05, 3.63) is 30.3 Å². The average Bonchev–Trinajstić information content (AvgIpc) is 2.87. The molecule has 0 spiro atoms. The molecule has 25 heavy (non-hydrogen) atoms. The van der Waals surface area contributed by atoms with Crippen molar-refractivity contribution in [2.24, 2.45) is 16.9 Å². The van der Waals surface area contributed by atoms with E-state index in [0.29, 0.717) is 18.6 Å². The van der Waals surface area contributed by atoms with E-state index < -0.39 is 30.3 Å². The fourth-order valence-electron chi connectivity index (χ4n) is 3.38. The van der Waals surface area contributed by atoms with E-state index in [2.05, 4.69) is 5.10 Å². The van der Waals surface area contributed by atoms with Crippen molar-refractivity contribution < 1.29 is 27.8 Å². The second-order valence-corrected chi connectivity index (χ2v) is 6.55. The number of halogens is 3. The van der Waals surface area contributed by atoms with Crippen molar-refractivity contribution in [1.82, 2.24) is 5.01 Å². The van der Waals surface area contributed by atoms with Crippen LogP contribution in [0.25, 0.3) is 0 Å². The molecular weight excluding hydrogens is 337 g/mol. The summed E-state index contributed by atoms with van der Waals surface area (Å²) in [6, 6.07) is 8.27. The second-order valence-electron chi connectivity index (χ2n) is 6.55. The number of alkyl halides is 3. The fraction of sp³-hybridized carbons (Fsp3) is 0.529. The Morgan fingerprint density at radius 3 is 2.72 bits per heavy atom. The Labute approximate surface area is 143 Å². The Morgan fingerprint density at radius 1 is 1.40 bits per heavy atom. The molecule has 0 saturated heterocycles. The molecule has 0 unspecified atom stereocenters. The van der Waals surface area contributed by atoms with Gasteiger partial charge in [0.1, 0.15) is 5.75 Å². The highest BCUT2D eigenvalue weighted by Crippen LogP contribution is 2.49. The Balaban J connectivity index is 1.83. The van der Waals surface area contributed by atoms with E-state index in [9.17, 15) is 23.1 Å². The molecule has 1 fully saturated rings. The zero-order valence-corrected chi connectivity index (χ0v) is 13.7. The van der Waals surface area contributed by atoms with Crippen LogP contribution in [0, 0.1) is 11.8 Å². The van der Waals surface area contributed by atoms with Crippen molar-refractivity contribution in [1.29, 1.82) is 0 Å². The molecule has 0 radical (unpaired) electrons. The largest absolute Gasteiger partial charge is 0.484 e. The number of hydrazone groups is 1. The van der Waals surface area contributed by atoms with Crippen LogP contribution in [-0.2, 0) is 4.79 Å². The molecule has 1 N–H and O–H groups in total. The van der Waals surface area contributed by atoms with Gasteiger partial charge in [-0.1, -0.05) is 25.1 Å². The summed E-state index contributed by atoms with van der Waals surface area (Å²) in [7, 11) is 0. The van der Waals surface area contributed by atoms with Crippen molar-refractivity contribution >= 4 is 11.6 Å². The van der Waals surface area contributed by atoms with Crippen LogP contribution in [-0.4, -0.2) is 40.2 Å². The number of benzene rings is 1. The number of aliphatic hydroxyl groups is 1. The zero-order valence-electron chi connectivity index (χ0n) is 13.7. The van der Waals surface area contributed by atoms with Crippen LogP contribution in [0.1, 0.15) is 26.2 Å². The van der Waals surface area contributed by atoms with Crippen LogP contribution in [0.2, 0.25) is 0 Å². The van der Waals surface area contributed by atoms with E-state index in [1.54, 1.807) is 30.3 Å². The van der Waals surface area contributed by atoms with Gasteiger partial charge < -0.3 is 9.84 Å². The molecule has 0 bridgehead atoms. The third-order valence-electron chi connectivity index (χ3n) is 4.73. The SMILES string of the molecule is C[C@H]1CCC2=NN(C(=O)COc3ccccc3)[C@](O)(C(F)(F)F)[C@@H]2C1. The lowest BCUT2D eigenvalue weighted by Gasteiger charge is -2.39. The van der Waals surface area contributed by atoms with E-state index in [4.69, 9.17) is 4.74 Å². The molecule has 3 rings (SSSR count). The molecule has 2 aliphatic rings. The van der Waals surface area contributed by atoms with Gasteiger partial charge in [0.25, 0.3) is 11.6 Å². The van der Waals surface area contributed by atoms with E-state index in [1.165, 1.54) is 0 Å². The van der Waals surface area contributed by atoms with Gasteiger partial charge in [-0.2, -0.15) is 23.3 Å². The zero-order chi connectivity index (χ0) is 18.2. The summed E-state index contributed by atoms with van der Waals surface area (Å²) in [5, 5.41) is 14.5. The highest BCUT2D eigenvalue weighted by Gasteiger charge is 2.68. The first-order valence-corrected chi connectivity index (χ1v) is 8.11. The molecular formula is C17H19F3N2O3. The molecule has 3 atom stereocenters. The normalized spacial score (nSPS) is 29.2. The summed E-state index contributed by atoms with van der Waals surface area (Å²) in [6.45, 7) is 1.19. The molecule has 1 amide bonds. The van der Waals surface area contributed by atoms with E-state index in [0.717, 1.165) is 0 Å². The number of rotatable bonds is 3. The minimum atomic E-state index is -5.01.